The Balaban J connectivity index is 2.71. The smallest absolute Gasteiger partial charge is 0.407 e. The number of hydrogen-bond donors (Lipinski definition) is 2. The van der Waals surface area contributed by atoms with Crippen LogP contribution in [0.15, 0.2) is 18.2 Å². The van der Waals surface area contributed by atoms with Gasteiger partial charge >= 0.3 is 6.09 Å². The number of alkyl carbamates (subject to hydrolysis) is 1. The third-order valence-electron chi connectivity index (χ3n) is 3.06. The Morgan fingerprint density at radius 2 is 1.85 bits per heavy atom. The van der Waals surface area contributed by atoms with Crippen molar-refractivity contribution < 1.29 is 14.6 Å². The molecule has 4 heteroatoms. The van der Waals surface area contributed by atoms with Crippen molar-refractivity contribution in [3.05, 3.63) is 34.9 Å². The molecule has 0 spiro atoms. The molecular weight excluding hydrogens is 254 g/mol. The van der Waals surface area contributed by atoms with E-state index in [-0.39, 0.29) is 12.5 Å². The highest BCUT2D eigenvalue weighted by atomic mass is 16.6. The van der Waals surface area contributed by atoms with E-state index in [2.05, 4.69) is 5.32 Å². The second-order valence-corrected chi connectivity index (χ2v) is 6.07. The molecule has 0 bridgehead atoms. The van der Waals surface area contributed by atoms with Crippen molar-refractivity contribution in [3.8, 4) is 0 Å². The van der Waals surface area contributed by atoms with Gasteiger partial charge in [-0.1, -0.05) is 18.2 Å². The fraction of sp³-hybridized carbons (Fsp3) is 0.562. The largest absolute Gasteiger partial charge is 0.444 e. The molecule has 1 amide bonds. The van der Waals surface area contributed by atoms with Gasteiger partial charge in [0.25, 0.3) is 0 Å². The summed E-state index contributed by atoms with van der Waals surface area (Å²) in [5.41, 5.74) is 2.81. The van der Waals surface area contributed by atoms with Crippen molar-refractivity contribution in [1.29, 1.82) is 0 Å². The zero-order valence-electron chi connectivity index (χ0n) is 13.0. The van der Waals surface area contributed by atoms with Crippen molar-refractivity contribution in [3.63, 3.8) is 0 Å². The van der Waals surface area contributed by atoms with Gasteiger partial charge in [0, 0.05) is 12.5 Å². The van der Waals surface area contributed by atoms with Crippen LogP contribution in [-0.2, 0) is 4.74 Å². The molecule has 0 radical (unpaired) electrons. The molecule has 20 heavy (non-hydrogen) atoms. The summed E-state index contributed by atoms with van der Waals surface area (Å²) in [6, 6.07) is 6.01. The highest BCUT2D eigenvalue weighted by molar-refractivity contribution is 5.67. The fourth-order valence-corrected chi connectivity index (χ4v) is 2.25. The molecule has 0 aliphatic rings. The van der Waals surface area contributed by atoms with E-state index < -0.39 is 11.7 Å². The van der Waals surface area contributed by atoms with Gasteiger partial charge in [0.2, 0.25) is 0 Å². The van der Waals surface area contributed by atoms with E-state index in [4.69, 9.17) is 4.74 Å². The van der Waals surface area contributed by atoms with E-state index in [9.17, 15) is 9.90 Å². The molecule has 0 fully saturated rings. The molecule has 0 saturated heterocycles. The highest BCUT2D eigenvalue weighted by Crippen LogP contribution is 2.23. The number of aliphatic hydroxyl groups is 1. The summed E-state index contributed by atoms with van der Waals surface area (Å²) in [7, 11) is 0. The molecule has 112 valence electrons. The lowest BCUT2D eigenvalue weighted by Gasteiger charge is -2.23. The molecular formula is C16H25NO3. The minimum absolute atomic E-state index is 0.0124. The molecule has 4 nitrogen and oxygen atoms in total. The van der Waals surface area contributed by atoms with Crippen LogP contribution in [0.3, 0.4) is 0 Å². The predicted octanol–water partition coefficient (Wildman–Crippen LogP) is 2.90. The van der Waals surface area contributed by atoms with Crippen LogP contribution in [0.2, 0.25) is 0 Å². The third-order valence-corrected chi connectivity index (χ3v) is 3.06. The maximum atomic E-state index is 11.7. The number of ether oxygens (including phenoxy) is 1. The second-order valence-electron chi connectivity index (χ2n) is 6.07. The summed E-state index contributed by atoms with van der Waals surface area (Å²) in [5.74, 6) is -0.122. The lowest BCUT2D eigenvalue weighted by molar-refractivity contribution is 0.0521. The number of aryl methyl sites for hydroxylation is 2. The molecule has 0 heterocycles. The van der Waals surface area contributed by atoms with Crippen LogP contribution in [0.25, 0.3) is 0 Å². The summed E-state index contributed by atoms with van der Waals surface area (Å²) in [6.45, 7) is 9.83. The first-order valence-corrected chi connectivity index (χ1v) is 6.88. The number of amides is 1. The molecule has 2 N–H and O–H groups in total. The van der Waals surface area contributed by atoms with Gasteiger partial charge in [-0.3, -0.25) is 0 Å². The van der Waals surface area contributed by atoms with Crippen molar-refractivity contribution in [2.24, 2.45) is 0 Å². The Hall–Kier alpha value is -1.55. The molecule has 0 aliphatic carbocycles. The fourth-order valence-electron chi connectivity index (χ4n) is 2.25. The quantitative estimate of drug-likeness (QED) is 0.891. The van der Waals surface area contributed by atoms with Crippen molar-refractivity contribution in [1.82, 2.24) is 5.32 Å². The van der Waals surface area contributed by atoms with Crippen LogP contribution in [0, 0.1) is 13.8 Å². The normalized spacial score (nSPS) is 12.9. The number of hydrogen-bond acceptors (Lipinski definition) is 3. The Labute approximate surface area is 121 Å². The van der Waals surface area contributed by atoms with Crippen LogP contribution in [0.5, 0.6) is 0 Å². The predicted molar refractivity (Wildman–Crippen MR) is 80.0 cm³/mol. The van der Waals surface area contributed by atoms with E-state index in [1.165, 1.54) is 0 Å². The van der Waals surface area contributed by atoms with Crippen molar-refractivity contribution in [2.45, 2.75) is 46.1 Å². The Kier molecular flexibility index (Phi) is 5.57. The third kappa shape index (κ3) is 4.85. The Morgan fingerprint density at radius 3 is 2.30 bits per heavy atom. The summed E-state index contributed by atoms with van der Waals surface area (Å²) in [6.07, 6.45) is -0.456. The topological polar surface area (TPSA) is 58.6 Å². The van der Waals surface area contributed by atoms with E-state index >= 15 is 0 Å². The van der Waals surface area contributed by atoms with Gasteiger partial charge in [-0.15, -0.1) is 0 Å². The number of benzene rings is 1. The minimum atomic E-state index is -0.516. The zero-order chi connectivity index (χ0) is 15.3. The molecule has 0 aliphatic heterocycles. The first-order valence-electron chi connectivity index (χ1n) is 6.88. The van der Waals surface area contributed by atoms with Crippen LogP contribution < -0.4 is 5.32 Å². The number of carbonyl (C=O) groups is 1. The summed E-state index contributed by atoms with van der Waals surface area (Å²) >= 11 is 0. The average Bonchev–Trinajstić information content (AvgIpc) is 2.30. The molecule has 0 saturated carbocycles. The first-order chi connectivity index (χ1) is 9.24. The molecule has 1 atom stereocenters. The van der Waals surface area contributed by atoms with Gasteiger partial charge in [0.15, 0.2) is 0 Å². The molecule has 1 unspecified atom stereocenters. The number of aliphatic hydroxyl groups excluding tert-OH is 1. The van der Waals surface area contributed by atoms with Gasteiger partial charge in [0.05, 0.1) is 6.61 Å². The van der Waals surface area contributed by atoms with Crippen LogP contribution >= 0.6 is 0 Å². The van der Waals surface area contributed by atoms with Crippen molar-refractivity contribution in [2.75, 3.05) is 13.2 Å². The number of carbonyl (C=O) groups excluding carboxylic acids is 1. The van der Waals surface area contributed by atoms with E-state index in [0.717, 1.165) is 16.7 Å². The van der Waals surface area contributed by atoms with Gasteiger partial charge in [-0.2, -0.15) is 0 Å². The van der Waals surface area contributed by atoms with Gasteiger partial charge in [-0.05, 0) is 51.3 Å². The molecule has 1 aromatic carbocycles. The van der Waals surface area contributed by atoms with Gasteiger partial charge < -0.3 is 15.2 Å². The van der Waals surface area contributed by atoms with Crippen LogP contribution in [0.4, 0.5) is 4.79 Å². The van der Waals surface area contributed by atoms with Crippen molar-refractivity contribution >= 4 is 6.09 Å². The molecule has 1 rings (SSSR count). The molecule has 0 aromatic heterocycles. The van der Waals surface area contributed by atoms with Crippen LogP contribution in [-0.4, -0.2) is 30.0 Å². The first kappa shape index (κ1) is 16.5. The molecule has 1 aromatic rings. The number of rotatable bonds is 4. The van der Waals surface area contributed by atoms with E-state index in [1.54, 1.807) is 0 Å². The second kappa shape index (κ2) is 6.75. The average molecular weight is 279 g/mol. The minimum Gasteiger partial charge on any atom is -0.444 e. The number of nitrogens with one attached hydrogen (secondary N) is 1. The van der Waals surface area contributed by atoms with E-state index in [0.29, 0.717) is 6.54 Å². The van der Waals surface area contributed by atoms with Crippen LogP contribution in [0.1, 0.15) is 43.4 Å². The standard InChI is InChI=1S/C16H25NO3/c1-11-7-6-8-12(2)14(11)13(10-18)9-17-15(19)20-16(3,4)5/h6-8,13,18H,9-10H2,1-5H3,(H,17,19). The Morgan fingerprint density at radius 1 is 1.30 bits per heavy atom. The maximum absolute atomic E-state index is 11.7. The Bertz CT molecular complexity index is 443. The SMILES string of the molecule is Cc1cccc(C)c1C(CO)CNC(=O)OC(C)(C)C. The van der Waals surface area contributed by atoms with E-state index in [1.807, 2.05) is 52.8 Å². The van der Waals surface area contributed by atoms with Gasteiger partial charge in [0.1, 0.15) is 5.60 Å². The lowest BCUT2D eigenvalue weighted by atomic mass is 9.91. The lowest BCUT2D eigenvalue weighted by Crippen LogP contribution is -2.35. The summed E-state index contributed by atoms with van der Waals surface area (Å²) in [4.78, 5) is 11.7. The maximum Gasteiger partial charge on any atom is 0.407 e. The highest BCUT2D eigenvalue weighted by Gasteiger charge is 2.19. The zero-order valence-corrected chi connectivity index (χ0v) is 13.0. The monoisotopic (exact) mass is 279 g/mol. The summed E-state index contributed by atoms with van der Waals surface area (Å²) < 4.78 is 5.20. The van der Waals surface area contributed by atoms with Gasteiger partial charge in [-0.25, -0.2) is 4.79 Å². The summed E-state index contributed by atoms with van der Waals surface area (Å²) in [5, 5.41) is 12.3.